The summed E-state index contributed by atoms with van der Waals surface area (Å²) in [6.45, 7) is 5.22. The zero-order valence-electron chi connectivity index (χ0n) is 15.4. The van der Waals surface area contributed by atoms with E-state index in [1.54, 1.807) is 17.4 Å². The number of phenols is 1. The lowest BCUT2D eigenvalue weighted by Crippen LogP contribution is -2.42. The van der Waals surface area contributed by atoms with Gasteiger partial charge in [0.25, 0.3) is 0 Å². The molecule has 1 aliphatic rings. The summed E-state index contributed by atoms with van der Waals surface area (Å²) in [4.78, 5) is 6.98. The minimum atomic E-state index is 0.204. The van der Waals surface area contributed by atoms with Crippen LogP contribution < -0.4 is 10.6 Å². The number of fused-ring (bicyclic) bond motifs is 1. The first-order valence-electron chi connectivity index (χ1n) is 9.23. The average molecular weight is 415 g/mol. The van der Waals surface area contributed by atoms with Gasteiger partial charge in [-0.05, 0) is 42.5 Å². The number of nitrogens with zero attached hydrogens (tertiary/aromatic N) is 2. The number of aromatic nitrogens is 1. The van der Waals surface area contributed by atoms with Gasteiger partial charge in [-0.25, -0.2) is 4.98 Å². The number of hydrogen-bond acceptors (Lipinski definition) is 6. The van der Waals surface area contributed by atoms with E-state index in [1.807, 2.05) is 36.4 Å². The van der Waals surface area contributed by atoms with Crippen LogP contribution in [0, 0.1) is 0 Å². The number of hydrogen-bond donors (Lipinski definition) is 3. The zero-order chi connectivity index (χ0) is 19.3. The van der Waals surface area contributed by atoms with Crippen molar-refractivity contribution in [2.24, 2.45) is 0 Å². The van der Waals surface area contributed by atoms with Crippen molar-refractivity contribution < 1.29 is 9.84 Å². The van der Waals surface area contributed by atoms with E-state index < -0.39 is 0 Å². The maximum absolute atomic E-state index is 10.3. The molecule has 146 valence electrons. The zero-order valence-corrected chi connectivity index (χ0v) is 17.0. The second-order valence-electron chi connectivity index (χ2n) is 6.55. The molecular formula is C20H22N4O2S2. The molecule has 0 spiro atoms. The van der Waals surface area contributed by atoms with Gasteiger partial charge in [0.05, 0.1) is 29.0 Å². The van der Waals surface area contributed by atoms with Gasteiger partial charge in [-0.15, -0.1) is 11.3 Å². The normalized spacial score (nSPS) is 14.9. The summed E-state index contributed by atoms with van der Waals surface area (Å²) in [6.07, 6.45) is 0. The quantitative estimate of drug-likeness (QED) is 0.437. The fraction of sp³-hybridized carbons (Fsp3) is 0.300. The molecule has 8 heteroatoms. The molecule has 2 aromatic carbocycles. The van der Waals surface area contributed by atoms with Crippen LogP contribution in [-0.4, -0.2) is 59.5 Å². The lowest BCUT2D eigenvalue weighted by atomic mass is 10.2. The van der Waals surface area contributed by atoms with Gasteiger partial charge in [-0.1, -0.05) is 12.1 Å². The van der Waals surface area contributed by atoms with Crippen LogP contribution in [0.25, 0.3) is 20.8 Å². The Hall–Kier alpha value is -2.26. The fourth-order valence-corrected chi connectivity index (χ4v) is 4.31. The first kappa shape index (κ1) is 19.1. The number of benzene rings is 2. The number of phenolic OH excluding ortho intramolecular Hbond substituents is 1. The lowest BCUT2D eigenvalue weighted by Gasteiger charge is -2.26. The maximum Gasteiger partial charge on any atom is 0.170 e. The van der Waals surface area contributed by atoms with Gasteiger partial charge >= 0.3 is 0 Å². The van der Waals surface area contributed by atoms with Crippen LogP contribution in [0.4, 0.5) is 5.69 Å². The van der Waals surface area contributed by atoms with Gasteiger partial charge in [0.15, 0.2) is 5.11 Å². The second-order valence-corrected chi connectivity index (χ2v) is 7.99. The van der Waals surface area contributed by atoms with Gasteiger partial charge in [0.2, 0.25) is 0 Å². The van der Waals surface area contributed by atoms with Crippen LogP contribution in [0.15, 0.2) is 42.5 Å². The third-order valence-corrected chi connectivity index (χ3v) is 5.91. The largest absolute Gasteiger partial charge is 0.507 e. The summed E-state index contributed by atoms with van der Waals surface area (Å²) in [5, 5.41) is 18.1. The maximum atomic E-state index is 10.3. The van der Waals surface area contributed by atoms with Crippen molar-refractivity contribution in [1.82, 2.24) is 15.2 Å². The Balaban J connectivity index is 1.39. The Labute approximate surface area is 173 Å². The summed E-state index contributed by atoms with van der Waals surface area (Å²) in [7, 11) is 0. The monoisotopic (exact) mass is 414 g/mol. The summed E-state index contributed by atoms with van der Waals surface area (Å²) >= 11 is 6.97. The van der Waals surface area contributed by atoms with Gasteiger partial charge in [-0.2, -0.15) is 0 Å². The number of thiocarbonyl (C=S) groups is 1. The molecule has 1 saturated heterocycles. The van der Waals surface area contributed by atoms with E-state index in [-0.39, 0.29) is 5.75 Å². The third-order valence-electron chi connectivity index (χ3n) is 4.60. The van der Waals surface area contributed by atoms with Crippen molar-refractivity contribution in [2.45, 2.75) is 0 Å². The van der Waals surface area contributed by atoms with E-state index in [2.05, 4.69) is 20.5 Å². The smallest absolute Gasteiger partial charge is 0.170 e. The van der Waals surface area contributed by atoms with Crippen molar-refractivity contribution in [2.75, 3.05) is 44.7 Å². The minimum Gasteiger partial charge on any atom is -0.507 e. The first-order valence-corrected chi connectivity index (χ1v) is 10.5. The van der Waals surface area contributed by atoms with E-state index in [4.69, 9.17) is 17.0 Å². The molecule has 0 saturated carbocycles. The fourth-order valence-electron chi connectivity index (χ4n) is 3.10. The summed E-state index contributed by atoms with van der Waals surface area (Å²) < 4.78 is 6.45. The molecule has 2 heterocycles. The number of ether oxygens (including phenoxy) is 1. The van der Waals surface area contributed by atoms with Crippen molar-refractivity contribution in [3.63, 3.8) is 0 Å². The number of rotatable bonds is 5. The van der Waals surface area contributed by atoms with Crippen LogP contribution in [0.5, 0.6) is 5.75 Å². The molecule has 0 amide bonds. The highest BCUT2D eigenvalue weighted by Crippen LogP contribution is 2.36. The van der Waals surface area contributed by atoms with Crippen LogP contribution >= 0.6 is 23.6 Å². The molecule has 6 nitrogen and oxygen atoms in total. The molecule has 0 aliphatic carbocycles. The Bertz CT molecular complexity index is 937. The molecule has 28 heavy (non-hydrogen) atoms. The Morgan fingerprint density at radius 1 is 1.21 bits per heavy atom. The Kier molecular flexibility index (Phi) is 6.01. The number of morpholine rings is 1. The predicted octanol–water partition coefficient (Wildman–Crippen LogP) is 3.29. The standard InChI is InChI=1S/C20H22N4O2S2/c25-17-6-5-14(22-20(27)21-7-8-24-9-11-26-12-10-24)13-15(17)19-23-16-3-1-2-4-18(16)28-19/h1-6,13,25H,7-12H2,(H2,21,22,27). The molecule has 0 atom stereocenters. The van der Waals surface area contributed by atoms with Crippen molar-refractivity contribution in [3.05, 3.63) is 42.5 Å². The van der Waals surface area contributed by atoms with E-state index >= 15 is 0 Å². The summed E-state index contributed by atoms with van der Waals surface area (Å²) in [5.41, 5.74) is 2.44. The number of aromatic hydroxyl groups is 1. The van der Waals surface area contributed by atoms with Crippen molar-refractivity contribution in [1.29, 1.82) is 0 Å². The molecule has 1 fully saturated rings. The molecule has 4 rings (SSSR count). The van der Waals surface area contributed by atoms with E-state index in [0.29, 0.717) is 10.7 Å². The van der Waals surface area contributed by atoms with Crippen molar-refractivity contribution >= 4 is 44.6 Å². The van der Waals surface area contributed by atoms with Crippen molar-refractivity contribution in [3.8, 4) is 16.3 Å². The minimum absolute atomic E-state index is 0.204. The van der Waals surface area contributed by atoms with Gasteiger partial charge in [0, 0.05) is 31.9 Å². The molecule has 3 aromatic rings. The van der Waals surface area contributed by atoms with Crippen LogP contribution in [-0.2, 0) is 4.74 Å². The van der Waals surface area contributed by atoms with Crippen LogP contribution in [0.1, 0.15) is 0 Å². The first-order chi connectivity index (χ1) is 13.7. The number of nitrogens with one attached hydrogen (secondary N) is 2. The average Bonchev–Trinajstić information content (AvgIpc) is 3.14. The van der Waals surface area contributed by atoms with Gasteiger partial charge in [0.1, 0.15) is 10.8 Å². The van der Waals surface area contributed by atoms with E-state index in [0.717, 1.165) is 60.3 Å². The van der Waals surface area contributed by atoms with Crippen LogP contribution in [0.3, 0.4) is 0 Å². The third kappa shape index (κ3) is 4.59. The summed E-state index contributed by atoms with van der Waals surface area (Å²) in [5.74, 6) is 0.204. The number of anilines is 1. The molecule has 3 N–H and O–H groups in total. The number of thiazole rings is 1. The van der Waals surface area contributed by atoms with Gasteiger partial charge in [-0.3, -0.25) is 4.90 Å². The molecular weight excluding hydrogens is 392 g/mol. The van der Waals surface area contributed by atoms with Gasteiger partial charge < -0.3 is 20.5 Å². The van der Waals surface area contributed by atoms with Crippen LogP contribution in [0.2, 0.25) is 0 Å². The summed E-state index contributed by atoms with van der Waals surface area (Å²) in [6, 6.07) is 13.3. The molecule has 0 radical (unpaired) electrons. The second kappa shape index (κ2) is 8.83. The molecule has 0 unspecified atom stereocenters. The highest BCUT2D eigenvalue weighted by molar-refractivity contribution is 7.80. The molecule has 0 bridgehead atoms. The molecule has 1 aliphatic heterocycles. The Morgan fingerprint density at radius 2 is 2.04 bits per heavy atom. The SMILES string of the molecule is Oc1ccc(NC(=S)NCCN2CCOCC2)cc1-c1nc2ccccc2s1. The topological polar surface area (TPSA) is 69.7 Å². The lowest BCUT2D eigenvalue weighted by molar-refractivity contribution is 0.0389. The van der Waals surface area contributed by atoms with E-state index in [1.165, 1.54) is 0 Å². The Morgan fingerprint density at radius 3 is 2.86 bits per heavy atom. The van der Waals surface area contributed by atoms with E-state index in [9.17, 15) is 5.11 Å². The molecule has 1 aromatic heterocycles. The highest BCUT2D eigenvalue weighted by Gasteiger charge is 2.12. The highest BCUT2D eigenvalue weighted by atomic mass is 32.1. The predicted molar refractivity (Wildman–Crippen MR) is 118 cm³/mol. The number of para-hydroxylation sites is 1.